The number of ether oxygens (including phenoxy) is 1. The monoisotopic (exact) mass is 410 g/mol. The molecule has 0 aliphatic carbocycles. The first-order chi connectivity index (χ1) is 11.7. The average molecular weight is 411 g/mol. The third kappa shape index (κ3) is 5.73. The van der Waals surface area contributed by atoms with E-state index in [1.165, 1.54) is 0 Å². The van der Waals surface area contributed by atoms with Crippen molar-refractivity contribution < 1.29 is 14.3 Å². The molecule has 1 N–H and O–H groups in total. The normalized spacial score (nSPS) is 19.2. The molecule has 2 amide bonds. The predicted octanol–water partition coefficient (Wildman–Crippen LogP) is 4.27. The van der Waals surface area contributed by atoms with Crippen molar-refractivity contribution >= 4 is 27.9 Å². The fraction of sp³-hybridized carbons (Fsp3) is 0.579. The molecule has 25 heavy (non-hydrogen) atoms. The zero-order chi connectivity index (χ0) is 18.6. The highest BCUT2D eigenvalue weighted by molar-refractivity contribution is 9.10. The number of amides is 2. The molecule has 0 radical (unpaired) electrons. The molecule has 1 aliphatic rings. The van der Waals surface area contributed by atoms with E-state index < -0.39 is 5.60 Å². The Bertz CT molecular complexity index is 627. The van der Waals surface area contributed by atoms with Gasteiger partial charge < -0.3 is 15.0 Å². The Labute approximate surface area is 158 Å². The zero-order valence-corrected chi connectivity index (χ0v) is 16.9. The SMILES string of the molecule is CC(NC(=O)C1CCCN(C(=O)OC(C)(C)C)C1)c1ccccc1Br. The molecule has 0 spiro atoms. The molecule has 0 bridgehead atoms. The molecule has 0 saturated carbocycles. The first kappa shape index (κ1) is 19.8. The lowest BCUT2D eigenvalue weighted by Gasteiger charge is -2.34. The number of piperidine rings is 1. The summed E-state index contributed by atoms with van der Waals surface area (Å²) in [6.45, 7) is 8.55. The number of nitrogens with one attached hydrogen (secondary N) is 1. The Morgan fingerprint density at radius 2 is 2.00 bits per heavy atom. The van der Waals surface area contributed by atoms with Crippen molar-refractivity contribution in [3.63, 3.8) is 0 Å². The number of hydrogen-bond donors (Lipinski definition) is 1. The maximum absolute atomic E-state index is 12.6. The van der Waals surface area contributed by atoms with Gasteiger partial charge in [-0.05, 0) is 52.2 Å². The van der Waals surface area contributed by atoms with Crippen molar-refractivity contribution in [3.05, 3.63) is 34.3 Å². The quantitative estimate of drug-likeness (QED) is 0.808. The van der Waals surface area contributed by atoms with Gasteiger partial charge in [-0.15, -0.1) is 0 Å². The molecule has 6 heteroatoms. The van der Waals surface area contributed by atoms with Crippen molar-refractivity contribution in [3.8, 4) is 0 Å². The minimum atomic E-state index is -0.527. The van der Waals surface area contributed by atoms with Crippen molar-refractivity contribution in [2.45, 2.75) is 52.2 Å². The lowest BCUT2D eigenvalue weighted by Crippen LogP contribution is -2.47. The van der Waals surface area contributed by atoms with Gasteiger partial charge in [0.05, 0.1) is 12.0 Å². The average Bonchev–Trinajstić information content (AvgIpc) is 2.53. The Morgan fingerprint density at radius 1 is 1.32 bits per heavy atom. The van der Waals surface area contributed by atoms with E-state index in [4.69, 9.17) is 4.74 Å². The summed E-state index contributed by atoms with van der Waals surface area (Å²) in [5.41, 5.74) is 0.510. The highest BCUT2D eigenvalue weighted by Crippen LogP contribution is 2.24. The van der Waals surface area contributed by atoms with E-state index in [0.29, 0.717) is 13.1 Å². The van der Waals surface area contributed by atoms with Crippen LogP contribution in [-0.2, 0) is 9.53 Å². The molecule has 2 unspecified atom stereocenters. The van der Waals surface area contributed by atoms with Crippen LogP contribution >= 0.6 is 15.9 Å². The molecule has 1 saturated heterocycles. The van der Waals surface area contributed by atoms with E-state index in [1.54, 1.807) is 4.90 Å². The standard InChI is InChI=1S/C19H27BrN2O3/c1-13(15-9-5-6-10-16(15)20)21-17(23)14-8-7-11-22(12-14)18(24)25-19(2,3)4/h5-6,9-10,13-14H,7-8,11-12H2,1-4H3,(H,21,23). The van der Waals surface area contributed by atoms with Crippen LogP contribution in [0.1, 0.15) is 52.1 Å². The Balaban J connectivity index is 1.95. The van der Waals surface area contributed by atoms with Crippen LogP contribution in [0.5, 0.6) is 0 Å². The van der Waals surface area contributed by atoms with Gasteiger partial charge in [-0.3, -0.25) is 4.79 Å². The second kappa shape index (κ2) is 8.21. The van der Waals surface area contributed by atoms with Gasteiger partial charge in [-0.1, -0.05) is 34.1 Å². The van der Waals surface area contributed by atoms with Gasteiger partial charge in [0, 0.05) is 17.6 Å². The topological polar surface area (TPSA) is 58.6 Å². The lowest BCUT2D eigenvalue weighted by atomic mass is 9.96. The number of benzene rings is 1. The minimum absolute atomic E-state index is 0.0171. The lowest BCUT2D eigenvalue weighted by molar-refractivity contribution is -0.127. The van der Waals surface area contributed by atoms with Gasteiger partial charge in [0.1, 0.15) is 5.60 Å². The second-order valence-corrected chi connectivity index (χ2v) is 8.37. The van der Waals surface area contributed by atoms with Crippen LogP contribution in [0, 0.1) is 5.92 Å². The summed E-state index contributed by atoms with van der Waals surface area (Å²) >= 11 is 3.52. The summed E-state index contributed by atoms with van der Waals surface area (Å²) in [6.07, 6.45) is 1.25. The van der Waals surface area contributed by atoms with Crippen LogP contribution in [-0.4, -0.2) is 35.6 Å². The summed E-state index contributed by atoms with van der Waals surface area (Å²) < 4.78 is 6.39. The number of carbonyl (C=O) groups excluding carboxylic acids is 2. The van der Waals surface area contributed by atoms with Gasteiger partial charge in [0.2, 0.25) is 5.91 Å². The molecule has 1 aromatic carbocycles. The molecule has 1 aliphatic heterocycles. The van der Waals surface area contributed by atoms with Gasteiger partial charge in [0.15, 0.2) is 0 Å². The van der Waals surface area contributed by atoms with Crippen LogP contribution in [0.25, 0.3) is 0 Å². The van der Waals surface area contributed by atoms with E-state index in [-0.39, 0.29) is 24.0 Å². The smallest absolute Gasteiger partial charge is 0.410 e. The van der Waals surface area contributed by atoms with E-state index in [2.05, 4.69) is 21.2 Å². The molecule has 1 fully saturated rings. The third-order valence-electron chi connectivity index (χ3n) is 4.17. The van der Waals surface area contributed by atoms with Crippen LogP contribution < -0.4 is 5.32 Å². The number of likely N-dealkylation sites (tertiary alicyclic amines) is 1. The highest BCUT2D eigenvalue weighted by Gasteiger charge is 2.31. The Morgan fingerprint density at radius 3 is 2.64 bits per heavy atom. The molecule has 0 aromatic heterocycles. The number of rotatable bonds is 3. The van der Waals surface area contributed by atoms with Crippen LogP contribution in [0.2, 0.25) is 0 Å². The van der Waals surface area contributed by atoms with E-state index >= 15 is 0 Å². The first-order valence-corrected chi connectivity index (χ1v) is 9.49. The fourth-order valence-electron chi connectivity index (χ4n) is 2.92. The molecule has 138 valence electrons. The van der Waals surface area contributed by atoms with Gasteiger partial charge in [0.25, 0.3) is 0 Å². The maximum Gasteiger partial charge on any atom is 0.410 e. The summed E-state index contributed by atoms with van der Waals surface area (Å²) in [6, 6.07) is 7.75. The minimum Gasteiger partial charge on any atom is -0.444 e. The maximum atomic E-state index is 12.6. The van der Waals surface area contributed by atoms with Crippen molar-refractivity contribution in [1.82, 2.24) is 10.2 Å². The fourth-order valence-corrected chi connectivity index (χ4v) is 3.55. The summed E-state index contributed by atoms with van der Waals surface area (Å²) in [5.74, 6) is -0.220. The molecule has 2 rings (SSSR count). The summed E-state index contributed by atoms with van der Waals surface area (Å²) in [7, 11) is 0. The Hall–Kier alpha value is -1.56. The summed E-state index contributed by atoms with van der Waals surface area (Å²) in [5, 5.41) is 3.07. The van der Waals surface area contributed by atoms with Crippen LogP contribution in [0.4, 0.5) is 4.79 Å². The zero-order valence-electron chi connectivity index (χ0n) is 15.3. The Kier molecular flexibility index (Phi) is 6.49. The predicted molar refractivity (Wildman–Crippen MR) is 101 cm³/mol. The van der Waals surface area contributed by atoms with Gasteiger partial charge >= 0.3 is 6.09 Å². The molecular weight excluding hydrogens is 384 g/mol. The number of carbonyl (C=O) groups is 2. The molecule has 2 atom stereocenters. The molecular formula is C19H27BrN2O3. The molecule has 1 heterocycles. The third-order valence-corrected chi connectivity index (χ3v) is 4.90. The van der Waals surface area contributed by atoms with Crippen LogP contribution in [0.3, 0.4) is 0 Å². The van der Waals surface area contributed by atoms with Crippen molar-refractivity contribution in [2.24, 2.45) is 5.92 Å². The molecule has 5 nitrogen and oxygen atoms in total. The van der Waals surface area contributed by atoms with Gasteiger partial charge in [-0.25, -0.2) is 4.79 Å². The molecule has 1 aromatic rings. The van der Waals surface area contributed by atoms with Gasteiger partial charge in [-0.2, -0.15) is 0 Å². The van der Waals surface area contributed by atoms with E-state index in [9.17, 15) is 9.59 Å². The number of hydrogen-bond acceptors (Lipinski definition) is 3. The second-order valence-electron chi connectivity index (χ2n) is 7.52. The van der Waals surface area contributed by atoms with Crippen LogP contribution in [0.15, 0.2) is 28.7 Å². The number of halogens is 1. The first-order valence-electron chi connectivity index (χ1n) is 8.70. The largest absolute Gasteiger partial charge is 0.444 e. The van der Waals surface area contributed by atoms with E-state index in [0.717, 1.165) is 22.9 Å². The number of nitrogens with zero attached hydrogens (tertiary/aromatic N) is 1. The van der Waals surface area contributed by atoms with Crippen molar-refractivity contribution in [1.29, 1.82) is 0 Å². The van der Waals surface area contributed by atoms with E-state index in [1.807, 2.05) is 52.0 Å². The summed E-state index contributed by atoms with van der Waals surface area (Å²) in [4.78, 5) is 26.5. The highest BCUT2D eigenvalue weighted by atomic mass is 79.9. The van der Waals surface area contributed by atoms with Crippen molar-refractivity contribution in [2.75, 3.05) is 13.1 Å².